The Morgan fingerprint density at radius 1 is 1.38 bits per heavy atom. The number of methoxy groups -OCH3 is 1. The van der Waals surface area contributed by atoms with E-state index in [4.69, 9.17) is 9.47 Å². The maximum Gasteiger partial charge on any atom is 0.234 e. The quantitative estimate of drug-likeness (QED) is 0.554. The Morgan fingerprint density at radius 3 is 2.67 bits per heavy atom. The molecule has 0 aromatic carbocycles. The van der Waals surface area contributed by atoms with Crippen LogP contribution in [0, 0.1) is 0 Å². The highest BCUT2D eigenvalue weighted by atomic mass is 79.9. The maximum absolute atomic E-state index is 11.3. The summed E-state index contributed by atoms with van der Waals surface area (Å²) in [7, 11) is 0.413. The molecular formula is C15H23BrN4O3Si. The molecule has 0 aliphatic carbocycles. The van der Waals surface area contributed by atoms with Crippen molar-refractivity contribution in [2.45, 2.75) is 39.3 Å². The van der Waals surface area contributed by atoms with Crippen molar-refractivity contribution in [3.63, 3.8) is 0 Å². The molecule has 24 heavy (non-hydrogen) atoms. The van der Waals surface area contributed by atoms with E-state index < -0.39 is 8.07 Å². The van der Waals surface area contributed by atoms with E-state index in [-0.39, 0.29) is 11.9 Å². The number of carbonyl (C=O) groups is 1. The van der Waals surface area contributed by atoms with Crippen LogP contribution in [0.5, 0.6) is 5.88 Å². The van der Waals surface area contributed by atoms with Gasteiger partial charge in [0.15, 0.2) is 5.65 Å². The van der Waals surface area contributed by atoms with Crippen molar-refractivity contribution in [3.8, 4) is 5.88 Å². The molecule has 2 aromatic heterocycles. The highest BCUT2D eigenvalue weighted by Crippen LogP contribution is 2.32. The van der Waals surface area contributed by atoms with Crippen LogP contribution in [0.25, 0.3) is 11.0 Å². The minimum atomic E-state index is -1.12. The first-order valence-electron chi connectivity index (χ1n) is 7.67. The summed E-state index contributed by atoms with van der Waals surface area (Å²) in [6.07, 6.45) is 1.88. The van der Waals surface area contributed by atoms with E-state index >= 15 is 0 Å². The molecule has 9 heteroatoms. The van der Waals surface area contributed by atoms with Gasteiger partial charge in [0.05, 0.1) is 17.0 Å². The predicted molar refractivity (Wildman–Crippen MR) is 100 cm³/mol. The van der Waals surface area contributed by atoms with E-state index in [1.54, 1.807) is 0 Å². The van der Waals surface area contributed by atoms with Crippen LogP contribution >= 0.6 is 15.9 Å². The lowest BCUT2D eigenvalue weighted by Crippen LogP contribution is -2.22. The number of amides is 1. The summed E-state index contributed by atoms with van der Waals surface area (Å²) in [5, 5.41) is 3.34. The molecule has 0 saturated carbocycles. The number of nitrogens with zero attached hydrogens (tertiary/aromatic N) is 3. The fourth-order valence-corrected chi connectivity index (χ4v) is 3.46. The van der Waals surface area contributed by atoms with Gasteiger partial charge in [-0.15, -0.1) is 0 Å². The topological polar surface area (TPSA) is 78.3 Å². The smallest absolute Gasteiger partial charge is 0.234 e. The van der Waals surface area contributed by atoms with Gasteiger partial charge in [0.1, 0.15) is 6.73 Å². The Hall–Kier alpha value is -1.45. The molecule has 2 rings (SSSR count). The average Bonchev–Trinajstić information content (AvgIpc) is 2.78. The van der Waals surface area contributed by atoms with Crippen molar-refractivity contribution < 1.29 is 14.3 Å². The van der Waals surface area contributed by atoms with Crippen LogP contribution in [0.4, 0.5) is 5.95 Å². The molecule has 0 unspecified atom stereocenters. The van der Waals surface area contributed by atoms with Gasteiger partial charge in [-0.05, 0) is 22.0 Å². The van der Waals surface area contributed by atoms with E-state index in [0.717, 1.165) is 15.9 Å². The van der Waals surface area contributed by atoms with Gasteiger partial charge in [0, 0.05) is 27.8 Å². The molecule has 2 aromatic rings. The minimum absolute atomic E-state index is 0.209. The number of hydrogen-bond donors (Lipinski definition) is 1. The first-order chi connectivity index (χ1) is 11.2. The molecule has 0 atom stereocenters. The molecule has 0 fully saturated rings. The Labute approximate surface area is 150 Å². The third kappa shape index (κ3) is 4.78. The summed E-state index contributed by atoms with van der Waals surface area (Å²) in [6, 6.07) is 1.10. The molecule has 0 bridgehead atoms. The van der Waals surface area contributed by atoms with Gasteiger partial charge >= 0.3 is 0 Å². The van der Waals surface area contributed by atoms with Crippen LogP contribution < -0.4 is 10.1 Å². The second-order valence-corrected chi connectivity index (χ2v) is 13.2. The number of rotatable bonds is 7. The van der Waals surface area contributed by atoms with E-state index in [1.807, 2.05) is 10.8 Å². The standard InChI is InChI=1S/C15H23BrN4O3Si/c1-10(21)17-15-18-13-12(14(19-15)22-2)11(16)8-20(13)9-23-6-7-24(3,4)5/h8H,6-7,9H2,1-5H3,(H,17,18,19,21). The lowest BCUT2D eigenvalue weighted by atomic mass is 10.4. The average molecular weight is 415 g/mol. The molecule has 0 spiro atoms. The summed E-state index contributed by atoms with van der Waals surface area (Å²) < 4.78 is 13.8. The van der Waals surface area contributed by atoms with E-state index in [1.165, 1.54) is 14.0 Å². The first kappa shape index (κ1) is 18.9. The summed E-state index contributed by atoms with van der Waals surface area (Å²) in [6.45, 7) is 9.45. The van der Waals surface area contributed by atoms with E-state index in [9.17, 15) is 4.79 Å². The van der Waals surface area contributed by atoms with Crippen LogP contribution in [0.3, 0.4) is 0 Å². The molecule has 1 amide bonds. The first-order valence-corrected chi connectivity index (χ1v) is 12.2. The van der Waals surface area contributed by atoms with Crippen molar-refractivity contribution in [1.82, 2.24) is 14.5 Å². The highest BCUT2D eigenvalue weighted by molar-refractivity contribution is 9.10. The normalized spacial score (nSPS) is 11.8. The molecular weight excluding hydrogens is 392 g/mol. The van der Waals surface area contributed by atoms with Gasteiger partial charge in [0.2, 0.25) is 17.7 Å². The Bertz CT molecular complexity index is 742. The van der Waals surface area contributed by atoms with Crippen molar-refractivity contribution in [2.24, 2.45) is 0 Å². The Morgan fingerprint density at radius 2 is 2.08 bits per heavy atom. The van der Waals surface area contributed by atoms with Crippen LogP contribution in [0.2, 0.25) is 25.7 Å². The lowest BCUT2D eigenvalue weighted by Gasteiger charge is -2.15. The van der Waals surface area contributed by atoms with Gasteiger partial charge in [0.25, 0.3) is 0 Å². The third-order valence-corrected chi connectivity index (χ3v) is 5.65. The van der Waals surface area contributed by atoms with Gasteiger partial charge < -0.3 is 14.0 Å². The number of nitrogens with one attached hydrogen (secondary N) is 1. The van der Waals surface area contributed by atoms with Crippen LogP contribution in [0.1, 0.15) is 6.92 Å². The number of anilines is 1. The fraction of sp³-hybridized carbons (Fsp3) is 0.533. The van der Waals surface area contributed by atoms with E-state index in [2.05, 4.69) is 50.9 Å². The zero-order valence-electron chi connectivity index (χ0n) is 14.6. The van der Waals surface area contributed by atoms with Gasteiger partial charge in [-0.3, -0.25) is 10.1 Å². The second-order valence-electron chi connectivity index (χ2n) is 6.73. The molecule has 0 aliphatic rings. The van der Waals surface area contributed by atoms with Crippen molar-refractivity contribution >= 4 is 46.9 Å². The van der Waals surface area contributed by atoms with Crippen LogP contribution in [0.15, 0.2) is 10.7 Å². The predicted octanol–water partition coefficient (Wildman–Crippen LogP) is 3.47. The van der Waals surface area contributed by atoms with Gasteiger partial charge in [-0.2, -0.15) is 9.97 Å². The van der Waals surface area contributed by atoms with Gasteiger partial charge in [-0.1, -0.05) is 19.6 Å². The van der Waals surface area contributed by atoms with Crippen molar-refractivity contribution in [1.29, 1.82) is 0 Å². The lowest BCUT2D eigenvalue weighted by molar-refractivity contribution is -0.114. The Balaban J connectivity index is 2.28. The Kier molecular flexibility index (Phi) is 6.00. The molecule has 0 radical (unpaired) electrons. The molecule has 0 saturated heterocycles. The number of ether oxygens (including phenoxy) is 2. The molecule has 132 valence electrons. The molecule has 0 aliphatic heterocycles. The number of carbonyl (C=O) groups excluding carboxylic acids is 1. The summed E-state index contributed by atoms with van der Waals surface area (Å²) >= 11 is 3.51. The zero-order chi connectivity index (χ0) is 17.9. The SMILES string of the molecule is COc1nc(NC(C)=O)nc2c1c(Br)cn2COCC[Si](C)(C)C. The van der Waals surface area contributed by atoms with E-state index in [0.29, 0.717) is 24.9 Å². The maximum atomic E-state index is 11.3. The van der Waals surface area contributed by atoms with Crippen LogP contribution in [-0.2, 0) is 16.3 Å². The number of aromatic nitrogens is 3. The molecule has 7 nitrogen and oxygen atoms in total. The highest BCUT2D eigenvalue weighted by Gasteiger charge is 2.17. The monoisotopic (exact) mass is 414 g/mol. The fourth-order valence-electron chi connectivity index (χ4n) is 2.11. The summed E-state index contributed by atoms with van der Waals surface area (Å²) in [5.41, 5.74) is 0.644. The van der Waals surface area contributed by atoms with Gasteiger partial charge in [-0.25, -0.2) is 0 Å². The summed E-state index contributed by atoms with van der Waals surface area (Å²) in [5.74, 6) is 0.372. The minimum Gasteiger partial charge on any atom is -0.480 e. The van der Waals surface area contributed by atoms with Crippen LogP contribution in [-0.4, -0.2) is 42.2 Å². The van der Waals surface area contributed by atoms with Crippen molar-refractivity contribution in [3.05, 3.63) is 10.7 Å². The largest absolute Gasteiger partial charge is 0.480 e. The zero-order valence-corrected chi connectivity index (χ0v) is 17.2. The molecule has 2 heterocycles. The number of fused-ring (bicyclic) bond motifs is 1. The number of halogens is 1. The summed E-state index contributed by atoms with van der Waals surface area (Å²) in [4.78, 5) is 19.9. The third-order valence-electron chi connectivity index (χ3n) is 3.34. The number of hydrogen-bond acceptors (Lipinski definition) is 5. The second kappa shape index (κ2) is 7.62. The molecule has 1 N–H and O–H groups in total. The van der Waals surface area contributed by atoms with Crippen molar-refractivity contribution in [2.75, 3.05) is 19.0 Å².